The molecule has 0 aromatic heterocycles. The molecule has 0 unspecified atom stereocenters. The number of rotatable bonds is 2. The van der Waals surface area contributed by atoms with Gasteiger partial charge in [-0.05, 0) is 51.4 Å². The summed E-state index contributed by atoms with van der Waals surface area (Å²) < 4.78 is 5.28. The lowest BCUT2D eigenvalue weighted by molar-refractivity contribution is 0.0500. The molecule has 110 valence electrons. The summed E-state index contributed by atoms with van der Waals surface area (Å²) in [5.41, 5.74) is 0.458. The summed E-state index contributed by atoms with van der Waals surface area (Å²) >= 11 is 0. The van der Waals surface area contributed by atoms with E-state index in [2.05, 4.69) is 10.6 Å². The highest BCUT2D eigenvalue weighted by atomic mass is 16.6. The third kappa shape index (κ3) is 3.87. The maximum atomic E-state index is 11.8. The van der Waals surface area contributed by atoms with E-state index < -0.39 is 11.7 Å². The van der Waals surface area contributed by atoms with Crippen molar-refractivity contribution in [2.45, 2.75) is 44.9 Å². The van der Waals surface area contributed by atoms with E-state index in [-0.39, 0.29) is 17.8 Å². The highest BCUT2D eigenvalue weighted by Crippen LogP contribution is 2.26. The molecule has 1 fully saturated rings. The molecule has 1 aromatic rings. The fourth-order valence-electron chi connectivity index (χ4n) is 2.39. The Kier molecular flexibility index (Phi) is 4.18. The van der Waals surface area contributed by atoms with Crippen LogP contribution in [0, 0.1) is 0 Å². The first kappa shape index (κ1) is 14.7. The van der Waals surface area contributed by atoms with Crippen molar-refractivity contribution in [1.29, 1.82) is 0 Å². The molecule has 1 heterocycles. The predicted molar refractivity (Wildman–Crippen MR) is 76.6 cm³/mol. The number of hydrogen-bond acceptors (Lipinski definition) is 4. The maximum absolute atomic E-state index is 11.8. The number of ether oxygens (including phenoxy) is 1. The average Bonchev–Trinajstić information content (AvgIpc) is 2.74. The summed E-state index contributed by atoms with van der Waals surface area (Å²) in [6.07, 6.45) is 0.427. The second-order valence-electron chi connectivity index (χ2n) is 6.07. The van der Waals surface area contributed by atoms with E-state index in [9.17, 15) is 9.90 Å². The number of phenolic OH excluding ortho intramolecular Hbond substituents is 1. The van der Waals surface area contributed by atoms with E-state index in [1.165, 1.54) is 0 Å². The van der Waals surface area contributed by atoms with Crippen LogP contribution in [0.2, 0.25) is 0 Å². The summed E-state index contributed by atoms with van der Waals surface area (Å²) in [5, 5.41) is 15.8. The largest absolute Gasteiger partial charge is 0.508 e. The van der Waals surface area contributed by atoms with Gasteiger partial charge in [0.15, 0.2) is 0 Å². The van der Waals surface area contributed by atoms with Crippen LogP contribution < -0.4 is 10.6 Å². The minimum absolute atomic E-state index is 0.00498. The van der Waals surface area contributed by atoms with Crippen LogP contribution >= 0.6 is 0 Å². The van der Waals surface area contributed by atoms with Crippen LogP contribution in [0.4, 0.5) is 4.79 Å². The molecule has 0 saturated carbocycles. The SMILES string of the molecule is CC(C)(C)OC(=O)N[C@@H]1CCN[C@H]1c1cccc(O)c1. The third-order valence-corrected chi connectivity index (χ3v) is 3.15. The van der Waals surface area contributed by atoms with Crippen LogP contribution in [-0.4, -0.2) is 29.4 Å². The van der Waals surface area contributed by atoms with Gasteiger partial charge in [-0.3, -0.25) is 0 Å². The van der Waals surface area contributed by atoms with Crippen molar-refractivity contribution in [2.75, 3.05) is 6.54 Å². The Labute approximate surface area is 119 Å². The zero-order chi connectivity index (χ0) is 14.8. The van der Waals surface area contributed by atoms with E-state index in [0.717, 1.165) is 18.5 Å². The fraction of sp³-hybridized carbons (Fsp3) is 0.533. The maximum Gasteiger partial charge on any atom is 0.407 e. The normalized spacial score (nSPS) is 22.6. The van der Waals surface area contributed by atoms with Gasteiger partial charge < -0.3 is 20.5 Å². The van der Waals surface area contributed by atoms with Gasteiger partial charge in [-0.1, -0.05) is 12.1 Å². The van der Waals surface area contributed by atoms with Gasteiger partial charge in [0, 0.05) is 0 Å². The molecule has 2 atom stereocenters. The van der Waals surface area contributed by atoms with Crippen LogP contribution in [0.5, 0.6) is 5.75 Å². The highest BCUT2D eigenvalue weighted by Gasteiger charge is 2.31. The average molecular weight is 278 g/mol. The summed E-state index contributed by atoms with van der Waals surface area (Å²) in [6.45, 7) is 6.34. The number of hydrogen-bond donors (Lipinski definition) is 3. The first-order chi connectivity index (χ1) is 9.35. The van der Waals surface area contributed by atoms with Gasteiger partial charge in [0.05, 0.1) is 12.1 Å². The van der Waals surface area contributed by atoms with Gasteiger partial charge in [-0.15, -0.1) is 0 Å². The van der Waals surface area contributed by atoms with Crippen molar-refractivity contribution in [3.05, 3.63) is 29.8 Å². The van der Waals surface area contributed by atoms with Crippen molar-refractivity contribution in [3.8, 4) is 5.75 Å². The number of carbonyl (C=O) groups is 1. The molecule has 1 amide bonds. The number of aromatic hydroxyl groups is 1. The Hall–Kier alpha value is -1.75. The zero-order valence-corrected chi connectivity index (χ0v) is 12.1. The van der Waals surface area contributed by atoms with E-state index in [4.69, 9.17) is 4.74 Å². The Balaban J connectivity index is 2.03. The van der Waals surface area contributed by atoms with Gasteiger partial charge >= 0.3 is 6.09 Å². The molecule has 0 radical (unpaired) electrons. The molecule has 0 spiro atoms. The van der Waals surface area contributed by atoms with Crippen LogP contribution in [0.25, 0.3) is 0 Å². The van der Waals surface area contributed by atoms with Gasteiger partial charge in [0.25, 0.3) is 0 Å². The van der Waals surface area contributed by atoms with Gasteiger partial charge in [0.1, 0.15) is 11.4 Å². The van der Waals surface area contributed by atoms with E-state index >= 15 is 0 Å². The molecule has 1 saturated heterocycles. The fourth-order valence-corrected chi connectivity index (χ4v) is 2.39. The van der Waals surface area contributed by atoms with Gasteiger partial charge in [-0.25, -0.2) is 4.79 Å². The summed E-state index contributed by atoms with van der Waals surface area (Å²) in [6, 6.07) is 7.05. The highest BCUT2D eigenvalue weighted by molar-refractivity contribution is 5.68. The summed E-state index contributed by atoms with van der Waals surface area (Å²) in [4.78, 5) is 11.8. The quantitative estimate of drug-likeness (QED) is 0.776. The zero-order valence-electron chi connectivity index (χ0n) is 12.1. The molecule has 5 nitrogen and oxygen atoms in total. The molecule has 20 heavy (non-hydrogen) atoms. The predicted octanol–water partition coefficient (Wildman–Crippen LogP) is 2.32. The molecule has 3 N–H and O–H groups in total. The molecule has 0 bridgehead atoms. The second-order valence-corrected chi connectivity index (χ2v) is 6.07. The molecular weight excluding hydrogens is 256 g/mol. The topological polar surface area (TPSA) is 70.6 Å². The van der Waals surface area contributed by atoms with Crippen LogP contribution in [-0.2, 0) is 4.74 Å². The Morgan fingerprint density at radius 2 is 2.20 bits per heavy atom. The second kappa shape index (κ2) is 5.71. The van der Waals surface area contributed by atoms with Gasteiger partial charge in [0.2, 0.25) is 0 Å². The number of alkyl carbamates (subject to hydrolysis) is 1. The first-order valence-electron chi connectivity index (χ1n) is 6.87. The summed E-state index contributed by atoms with van der Waals surface area (Å²) in [5.74, 6) is 0.229. The molecule has 2 rings (SSSR count). The number of carbonyl (C=O) groups excluding carboxylic acids is 1. The van der Waals surface area contributed by atoms with Crippen molar-refractivity contribution in [2.24, 2.45) is 0 Å². The Bertz CT molecular complexity index is 482. The van der Waals surface area contributed by atoms with Crippen molar-refractivity contribution in [3.63, 3.8) is 0 Å². The monoisotopic (exact) mass is 278 g/mol. The van der Waals surface area contributed by atoms with Crippen LogP contribution in [0.15, 0.2) is 24.3 Å². The molecule has 0 aliphatic carbocycles. The molecule has 1 aromatic carbocycles. The molecule has 5 heteroatoms. The molecule has 1 aliphatic rings. The Morgan fingerprint density at radius 1 is 1.45 bits per heavy atom. The van der Waals surface area contributed by atoms with E-state index in [1.807, 2.05) is 26.8 Å². The van der Waals surface area contributed by atoms with Crippen molar-refractivity contribution in [1.82, 2.24) is 10.6 Å². The van der Waals surface area contributed by atoms with Crippen molar-refractivity contribution >= 4 is 6.09 Å². The number of phenols is 1. The van der Waals surface area contributed by atoms with Crippen LogP contribution in [0.1, 0.15) is 38.8 Å². The summed E-state index contributed by atoms with van der Waals surface area (Å²) in [7, 11) is 0. The van der Waals surface area contributed by atoms with E-state index in [0.29, 0.717) is 0 Å². The lowest BCUT2D eigenvalue weighted by atomic mass is 10.0. The lowest BCUT2D eigenvalue weighted by Crippen LogP contribution is -2.41. The molecule has 1 aliphatic heterocycles. The number of amides is 1. The lowest BCUT2D eigenvalue weighted by Gasteiger charge is -2.24. The Morgan fingerprint density at radius 3 is 2.85 bits per heavy atom. The number of nitrogens with one attached hydrogen (secondary N) is 2. The van der Waals surface area contributed by atoms with Gasteiger partial charge in [-0.2, -0.15) is 0 Å². The minimum Gasteiger partial charge on any atom is -0.508 e. The third-order valence-electron chi connectivity index (χ3n) is 3.15. The first-order valence-corrected chi connectivity index (χ1v) is 6.87. The van der Waals surface area contributed by atoms with Crippen molar-refractivity contribution < 1.29 is 14.6 Å². The van der Waals surface area contributed by atoms with E-state index in [1.54, 1.807) is 18.2 Å². The standard InChI is InChI=1S/C15H22N2O3/c1-15(2,3)20-14(19)17-12-7-8-16-13(12)10-5-4-6-11(18)9-10/h4-6,9,12-13,16,18H,7-8H2,1-3H3,(H,17,19)/t12-,13+/m1/s1. The smallest absolute Gasteiger partial charge is 0.407 e. The number of benzene rings is 1. The van der Waals surface area contributed by atoms with Crippen LogP contribution in [0.3, 0.4) is 0 Å². The minimum atomic E-state index is -0.503. The molecular formula is C15H22N2O3.